The maximum atomic E-state index is 4.60. The molecule has 0 aliphatic rings. The van der Waals surface area contributed by atoms with Crippen molar-refractivity contribution >= 4 is 22.3 Å². The molecular weight excluding hydrogens is 292 g/mol. The van der Waals surface area contributed by atoms with Crippen molar-refractivity contribution in [1.29, 1.82) is 0 Å². The summed E-state index contributed by atoms with van der Waals surface area (Å²) in [6, 6.07) is 16.3. The second-order valence-corrected chi connectivity index (χ2v) is 6.30. The van der Waals surface area contributed by atoms with Crippen LogP contribution in [0, 0.1) is 0 Å². The summed E-state index contributed by atoms with van der Waals surface area (Å²) in [7, 11) is 4.07. The van der Waals surface area contributed by atoms with E-state index < -0.39 is 0 Å². The highest BCUT2D eigenvalue weighted by Crippen LogP contribution is 2.30. The molecule has 1 N–H and O–H groups in total. The number of benzene rings is 1. The highest BCUT2D eigenvalue weighted by molar-refractivity contribution is 7.18. The zero-order chi connectivity index (χ0) is 15.4. The molecule has 3 aromatic rings. The van der Waals surface area contributed by atoms with E-state index in [1.165, 1.54) is 5.56 Å². The van der Waals surface area contributed by atoms with Gasteiger partial charge in [0.2, 0.25) is 0 Å². The summed E-state index contributed by atoms with van der Waals surface area (Å²) in [5.41, 5.74) is 2.22. The third kappa shape index (κ3) is 3.69. The van der Waals surface area contributed by atoms with E-state index in [0.717, 1.165) is 28.1 Å². The van der Waals surface area contributed by atoms with Crippen LogP contribution >= 0.6 is 11.3 Å². The molecule has 0 radical (unpaired) electrons. The quantitative estimate of drug-likeness (QED) is 0.773. The molecule has 2 aromatic heterocycles. The SMILES string of the molecule is CN(C)Cc1cccc(Nc2ncc(-c3ccccc3)s2)n1. The van der Waals surface area contributed by atoms with E-state index in [9.17, 15) is 0 Å². The first-order chi connectivity index (χ1) is 10.7. The molecule has 0 atom stereocenters. The van der Waals surface area contributed by atoms with E-state index in [1.807, 2.05) is 56.7 Å². The number of hydrogen-bond donors (Lipinski definition) is 1. The van der Waals surface area contributed by atoms with Crippen LogP contribution in [0.2, 0.25) is 0 Å². The summed E-state index contributed by atoms with van der Waals surface area (Å²) in [5.74, 6) is 0.827. The van der Waals surface area contributed by atoms with Crippen LogP contribution in [-0.4, -0.2) is 29.0 Å². The molecule has 3 rings (SSSR count). The number of thiazole rings is 1. The highest BCUT2D eigenvalue weighted by atomic mass is 32.1. The molecular formula is C17H18N4S. The van der Waals surface area contributed by atoms with E-state index >= 15 is 0 Å². The molecule has 2 heterocycles. The zero-order valence-corrected chi connectivity index (χ0v) is 13.5. The lowest BCUT2D eigenvalue weighted by Gasteiger charge is -2.10. The van der Waals surface area contributed by atoms with Crippen molar-refractivity contribution in [3.8, 4) is 10.4 Å². The Bertz CT molecular complexity index is 737. The van der Waals surface area contributed by atoms with E-state index in [-0.39, 0.29) is 0 Å². The summed E-state index contributed by atoms with van der Waals surface area (Å²) in [4.78, 5) is 12.3. The summed E-state index contributed by atoms with van der Waals surface area (Å²) in [6.07, 6.45) is 1.89. The lowest BCUT2D eigenvalue weighted by atomic mass is 10.2. The van der Waals surface area contributed by atoms with Crippen molar-refractivity contribution in [1.82, 2.24) is 14.9 Å². The van der Waals surface area contributed by atoms with Crippen LogP contribution in [-0.2, 0) is 6.54 Å². The molecule has 4 nitrogen and oxygen atoms in total. The first kappa shape index (κ1) is 14.7. The zero-order valence-electron chi connectivity index (χ0n) is 12.7. The van der Waals surface area contributed by atoms with Crippen molar-refractivity contribution in [2.24, 2.45) is 0 Å². The van der Waals surface area contributed by atoms with Gasteiger partial charge >= 0.3 is 0 Å². The van der Waals surface area contributed by atoms with Gasteiger partial charge in [0.1, 0.15) is 5.82 Å². The van der Waals surface area contributed by atoms with Gasteiger partial charge in [-0.3, -0.25) is 0 Å². The Hall–Kier alpha value is -2.24. The summed E-state index contributed by atoms with van der Waals surface area (Å²) < 4.78 is 0. The number of nitrogens with zero attached hydrogens (tertiary/aromatic N) is 3. The third-order valence-corrected chi connectivity index (χ3v) is 4.05. The van der Waals surface area contributed by atoms with Gasteiger partial charge in [0.05, 0.1) is 10.6 Å². The monoisotopic (exact) mass is 310 g/mol. The van der Waals surface area contributed by atoms with Crippen molar-refractivity contribution < 1.29 is 0 Å². The van der Waals surface area contributed by atoms with Gasteiger partial charge < -0.3 is 10.2 Å². The van der Waals surface area contributed by atoms with E-state index in [0.29, 0.717) is 0 Å². The third-order valence-electron chi connectivity index (χ3n) is 3.08. The standard InChI is InChI=1S/C17H18N4S/c1-21(2)12-14-9-6-10-16(19-14)20-17-18-11-15(22-17)13-7-4-3-5-8-13/h3-11H,12H2,1-2H3,(H,18,19,20). The molecule has 0 saturated carbocycles. The number of aromatic nitrogens is 2. The molecule has 0 saturated heterocycles. The van der Waals surface area contributed by atoms with Crippen LogP contribution in [0.15, 0.2) is 54.7 Å². The average Bonchev–Trinajstić information content (AvgIpc) is 2.96. The molecule has 0 spiro atoms. The number of pyridine rings is 1. The fourth-order valence-corrected chi connectivity index (χ4v) is 2.97. The predicted molar refractivity (Wildman–Crippen MR) is 92.5 cm³/mol. The van der Waals surface area contributed by atoms with Crippen LogP contribution in [0.3, 0.4) is 0 Å². The van der Waals surface area contributed by atoms with Crippen LogP contribution in [0.1, 0.15) is 5.69 Å². The minimum atomic E-state index is 0.822. The van der Waals surface area contributed by atoms with Gasteiger partial charge in [-0.15, -0.1) is 0 Å². The molecule has 112 valence electrons. The fourth-order valence-electron chi connectivity index (χ4n) is 2.14. The highest BCUT2D eigenvalue weighted by Gasteiger charge is 2.06. The summed E-state index contributed by atoms with van der Waals surface area (Å²) in [6.45, 7) is 0.822. The van der Waals surface area contributed by atoms with Gasteiger partial charge in [0.25, 0.3) is 0 Å². The minimum absolute atomic E-state index is 0.822. The molecule has 1 aromatic carbocycles. The van der Waals surface area contributed by atoms with Crippen LogP contribution in [0.5, 0.6) is 0 Å². The fraction of sp³-hybridized carbons (Fsp3) is 0.176. The topological polar surface area (TPSA) is 41.0 Å². The average molecular weight is 310 g/mol. The second-order valence-electron chi connectivity index (χ2n) is 5.27. The molecule has 22 heavy (non-hydrogen) atoms. The van der Waals surface area contributed by atoms with E-state index in [1.54, 1.807) is 11.3 Å². The molecule has 0 aliphatic carbocycles. The number of anilines is 2. The lowest BCUT2D eigenvalue weighted by molar-refractivity contribution is 0.397. The van der Waals surface area contributed by atoms with Crippen molar-refractivity contribution in [3.05, 3.63) is 60.4 Å². The van der Waals surface area contributed by atoms with Gasteiger partial charge in [-0.2, -0.15) is 0 Å². The Morgan fingerprint density at radius 1 is 1.05 bits per heavy atom. The van der Waals surface area contributed by atoms with Gasteiger partial charge in [-0.05, 0) is 31.8 Å². The predicted octanol–water partition coefficient (Wildman–Crippen LogP) is 4.01. The summed E-state index contributed by atoms with van der Waals surface area (Å²) in [5, 5.41) is 4.14. The van der Waals surface area contributed by atoms with Crippen LogP contribution in [0.25, 0.3) is 10.4 Å². The summed E-state index contributed by atoms with van der Waals surface area (Å²) >= 11 is 1.63. The Kier molecular flexibility index (Phi) is 4.46. The van der Waals surface area contributed by atoms with Crippen molar-refractivity contribution in [2.75, 3.05) is 19.4 Å². The first-order valence-electron chi connectivity index (χ1n) is 7.09. The smallest absolute Gasteiger partial charge is 0.188 e. The Morgan fingerprint density at radius 3 is 2.64 bits per heavy atom. The lowest BCUT2D eigenvalue weighted by Crippen LogP contribution is -2.12. The first-order valence-corrected chi connectivity index (χ1v) is 7.91. The Balaban J connectivity index is 1.75. The molecule has 5 heteroatoms. The number of nitrogens with one attached hydrogen (secondary N) is 1. The molecule has 0 amide bonds. The molecule has 0 unspecified atom stereocenters. The molecule has 0 bridgehead atoms. The minimum Gasteiger partial charge on any atom is -0.316 e. The maximum absolute atomic E-state index is 4.60. The molecule has 0 fully saturated rings. The largest absolute Gasteiger partial charge is 0.316 e. The van der Waals surface area contributed by atoms with Gasteiger partial charge in [-0.25, -0.2) is 9.97 Å². The van der Waals surface area contributed by atoms with Gasteiger partial charge in [0, 0.05) is 12.7 Å². The van der Waals surface area contributed by atoms with E-state index in [4.69, 9.17) is 0 Å². The Labute approximate surface area is 134 Å². The molecule has 0 aliphatic heterocycles. The maximum Gasteiger partial charge on any atom is 0.188 e. The normalized spacial score (nSPS) is 10.9. The van der Waals surface area contributed by atoms with E-state index in [2.05, 4.69) is 32.3 Å². The van der Waals surface area contributed by atoms with Crippen molar-refractivity contribution in [3.63, 3.8) is 0 Å². The Morgan fingerprint density at radius 2 is 1.86 bits per heavy atom. The van der Waals surface area contributed by atoms with Gasteiger partial charge in [0.15, 0.2) is 5.13 Å². The number of hydrogen-bond acceptors (Lipinski definition) is 5. The second kappa shape index (κ2) is 6.68. The van der Waals surface area contributed by atoms with Crippen molar-refractivity contribution in [2.45, 2.75) is 6.54 Å². The van der Waals surface area contributed by atoms with Crippen LogP contribution in [0.4, 0.5) is 10.9 Å². The van der Waals surface area contributed by atoms with Crippen LogP contribution < -0.4 is 5.32 Å². The van der Waals surface area contributed by atoms with Gasteiger partial charge in [-0.1, -0.05) is 47.7 Å². The number of rotatable bonds is 5.